The molecule has 0 radical (unpaired) electrons. The second kappa shape index (κ2) is 8.06. The van der Waals surface area contributed by atoms with Crippen LogP contribution in [0.5, 0.6) is 0 Å². The smallest absolute Gasteiger partial charge is 0.229 e. The first-order valence-electron chi connectivity index (χ1n) is 8.20. The van der Waals surface area contributed by atoms with Crippen molar-refractivity contribution in [2.75, 3.05) is 18.4 Å². The molecule has 3 rings (SSSR count). The molecule has 1 fully saturated rings. The Morgan fingerprint density at radius 1 is 1.19 bits per heavy atom. The van der Waals surface area contributed by atoms with Crippen LogP contribution in [-0.2, 0) is 16.0 Å². The molecule has 2 amide bonds. The molecule has 4 nitrogen and oxygen atoms in total. The van der Waals surface area contributed by atoms with E-state index in [9.17, 15) is 14.0 Å². The number of nitrogens with one attached hydrogen (secondary N) is 1. The van der Waals surface area contributed by atoms with Crippen LogP contribution in [0.2, 0.25) is 10.0 Å². The first kappa shape index (κ1) is 18.7. The number of anilines is 1. The second-order valence-corrected chi connectivity index (χ2v) is 7.07. The minimum absolute atomic E-state index is 0.0608. The normalized spacial score (nSPS) is 16.8. The fourth-order valence-corrected chi connectivity index (χ4v) is 3.42. The Balaban J connectivity index is 1.56. The van der Waals surface area contributed by atoms with Crippen LogP contribution in [0.4, 0.5) is 10.1 Å². The lowest BCUT2D eigenvalue weighted by Crippen LogP contribution is -2.30. The molecule has 0 spiro atoms. The van der Waals surface area contributed by atoms with Gasteiger partial charge in [0.05, 0.1) is 5.92 Å². The lowest BCUT2D eigenvalue weighted by atomic mass is 10.1. The zero-order valence-electron chi connectivity index (χ0n) is 13.8. The van der Waals surface area contributed by atoms with E-state index in [-0.39, 0.29) is 24.1 Å². The number of nitrogens with zero attached hydrogens (tertiary/aromatic N) is 1. The molecule has 7 heteroatoms. The lowest BCUT2D eigenvalue weighted by molar-refractivity contribution is -0.128. The van der Waals surface area contributed by atoms with Crippen molar-refractivity contribution in [1.29, 1.82) is 0 Å². The Morgan fingerprint density at radius 2 is 1.92 bits per heavy atom. The number of hydrogen-bond acceptors (Lipinski definition) is 2. The van der Waals surface area contributed by atoms with E-state index in [4.69, 9.17) is 23.2 Å². The molecular weight excluding hydrogens is 378 g/mol. The van der Waals surface area contributed by atoms with Crippen molar-refractivity contribution in [3.8, 4) is 0 Å². The minimum Gasteiger partial charge on any atom is -0.342 e. The fraction of sp³-hybridized carbons (Fsp3) is 0.263. The zero-order chi connectivity index (χ0) is 18.7. The van der Waals surface area contributed by atoms with E-state index in [1.54, 1.807) is 17.0 Å². The van der Waals surface area contributed by atoms with E-state index >= 15 is 0 Å². The highest BCUT2D eigenvalue weighted by atomic mass is 35.5. The number of likely N-dealkylation sites (tertiary alicyclic amines) is 1. The Hall–Kier alpha value is -2.11. The molecule has 1 unspecified atom stereocenters. The molecule has 1 saturated heterocycles. The number of carbonyl (C=O) groups excluding carboxylic acids is 2. The maximum atomic E-state index is 12.9. The van der Waals surface area contributed by atoms with Crippen LogP contribution in [0, 0.1) is 11.7 Å². The molecular formula is C19H17Cl2FN2O2. The van der Waals surface area contributed by atoms with Crippen molar-refractivity contribution in [1.82, 2.24) is 4.90 Å². The predicted molar refractivity (Wildman–Crippen MR) is 99.9 cm³/mol. The van der Waals surface area contributed by atoms with E-state index in [2.05, 4.69) is 5.32 Å². The summed E-state index contributed by atoms with van der Waals surface area (Å²) in [6.07, 6.45) is 0.759. The highest BCUT2D eigenvalue weighted by Crippen LogP contribution is 2.24. The summed E-state index contributed by atoms with van der Waals surface area (Å²) in [6.45, 7) is 0.845. The molecule has 1 N–H and O–H groups in total. The lowest BCUT2D eigenvalue weighted by Gasteiger charge is -2.17. The largest absolute Gasteiger partial charge is 0.342 e. The third-order valence-corrected chi connectivity index (χ3v) is 4.95. The van der Waals surface area contributed by atoms with E-state index in [0.29, 0.717) is 35.2 Å². The van der Waals surface area contributed by atoms with Crippen LogP contribution in [0.25, 0.3) is 0 Å². The summed E-state index contributed by atoms with van der Waals surface area (Å²) in [7, 11) is 0. The van der Waals surface area contributed by atoms with Gasteiger partial charge >= 0.3 is 0 Å². The first-order chi connectivity index (χ1) is 12.4. The van der Waals surface area contributed by atoms with Gasteiger partial charge in [0.1, 0.15) is 5.82 Å². The Morgan fingerprint density at radius 3 is 2.62 bits per heavy atom. The van der Waals surface area contributed by atoms with Crippen LogP contribution in [0.1, 0.15) is 12.0 Å². The molecule has 26 heavy (non-hydrogen) atoms. The summed E-state index contributed by atoms with van der Waals surface area (Å²) in [5.74, 6) is -1.09. The summed E-state index contributed by atoms with van der Waals surface area (Å²) in [6, 6.07) is 10.8. The molecule has 2 aromatic carbocycles. The zero-order valence-corrected chi connectivity index (χ0v) is 15.4. The summed E-state index contributed by atoms with van der Waals surface area (Å²) < 4.78 is 12.9. The molecule has 0 aromatic heterocycles. The Kier molecular flexibility index (Phi) is 5.79. The van der Waals surface area contributed by atoms with Gasteiger partial charge in [0, 0.05) is 35.2 Å². The highest BCUT2D eigenvalue weighted by Gasteiger charge is 2.34. The summed E-state index contributed by atoms with van der Waals surface area (Å²) >= 11 is 12.0. The average molecular weight is 395 g/mol. The molecule has 1 atom stereocenters. The maximum absolute atomic E-state index is 12.9. The summed E-state index contributed by atoms with van der Waals surface area (Å²) in [5.41, 5.74) is 1.42. The number of benzene rings is 2. The second-order valence-electron chi connectivity index (χ2n) is 6.22. The SMILES string of the molecule is O=C(Nc1ccc(F)cc1)C1CC(=O)N(CCc2ccc(Cl)cc2Cl)C1. The molecule has 0 saturated carbocycles. The van der Waals surface area contributed by atoms with Crippen LogP contribution in [-0.4, -0.2) is 29.8 Å². The van der Waals surface area contributed by atoms with Gasteiger partial charge in [-0.25, -0.2) is 4.39 Å². The molecule has 2 aromatic rings. The van der Waals surface area contributed by atoms with E-state index in [1.807, 2.05) is 6.07 Å². The van der Waals surface area contributed by atoms with Crippen LogP contribution in [0.3, 0.4) is 0 Å². The Bertz CT molecular complexity index is 827. The molecule has 1 heterocycles. The van der Waals surface area contributed by atoms with Gasteiger partial charge in [0.2, 0.25) is 11.8 Å². The van der Waals surface area contributed by atoms with Gasteiger partial charge in [0.15, 0.2) is 0 Å². The van der Waals surface area contributed by atoms with Crippen molar-refractivity contribution in [2.45, 2.75) is 12.8 Å². The van der Waals surface area contributed by atoms with Gasteiger partial charge in [-0.3, -0.25) is 9.59 Å². The number of carbonyl (C=O) groups is 2. The monoisotopic (exact) mass is 394 g/mol. The van der Waals surface area contributed by atoms with Gasteiger partial charge < -0.3 is 10.2 Å². The van der Waals surface area contributed by atoms with Gasteiger partial charge in [0.25, 0.3) is 0 Å². The number of amides is 2. The Labute approximate surface area is 160 Å². The fourth-order valence-electron chi connectivity index (χ4n) is 2.92. The molecule has 0 bridgehead atoms. The minimum atomic E-state index is -0.423. The van der Waals surface area contributed by atoms with Crippen molar-refractivity contribution < 1.29 is 14.0 Å². The van der Waals surface area contributed by atoms with Crippen molar-refractivity contribution >= 4 is 40.7 Å². The van der Waals surface area contributed by atoms with Gasteiger partial charge in [-0.15, -0.1) is 0 Å². The van der Waals surface area contributed by atoms with Crippen LogP contribution < -0.4 is 5.32 Å². The van der Waals surface area contributed by atoms with Gasteiger partial charge in [-0.05, 0) is 48.4 Å². The summed E-state index contributed by atoms with van der Waals surface area (Å²) in [5, 5.41) is 3.85. The predicted octanol–water partition coefficient (Wildman–Crippen LogP) is 4.16. The topological polar surface area (TPSA) is 49.4 Å². The standard InChI is InChI=1S/C19H17Cl2FN2O2/c20-14-2-1-12(17(21)10-14)7-8-24-11-13(9-18(24)25)19(26)23-16-5-3-15(22)4-6-16/h1-6,10,13H,7-9,11H2,(H,23,26). The number of halogens is 3. The average Bonchev–Trinajstić information content (AvgIpc) is 2.97. The summed E-state index contributed by atoms with van der Waals surface area (Å²) in [4.78, 5) is 26.2. The molecule has 0 aliphatic carbocycles. The first-order valence-corrected chi connectivity index (χ1v) is 8.96. The third-order valence-electron chi connectivity index (χ3n) is 4.36. The van der Waals surface area contributed by atoms with Gasteiger partial charge in [-0.1, -0.05) is 29.3 Å². The number of hydrogen-bond donors (Lipinski definition) is 1. The van der Waals surface area contributed by atoms with E-state index < -0.39 is 5.92 Å². The van der Waals surface area contributed by atoms with Gasteiger partial charge in [-0.2, -0.15) is 0 Å². The maximum Gasteiger partial charge on any atom is 0.229 e. The van der Waals surface area contributed by atoms with E-state index in [1.165, 1.54) is 24.3 Å². The number of rotatable bonds is 5. The van der Waals surface area contributed by atoms with Crippen molar-refractivity contribution in [2.24, 2.45) is 5.92 Å². The highest BCUT2D eigenvalue weighted by molar-refractivity contribution is 6.35. The third kappa shape index (κ3) is 4.54. The molecule has 1 aliphatic rings. The quantitative estimate of drug-likeness (QED) is 0.827. The van der Waals surface area contributed by atoms with Crippen molar-refractivity contribution in [3.05, 3.63) is 63.9 Å². The van der Waals surface area contributed by atoms with Crippen LogP contribution in [0.15, 0.2) is 42.5 Å². The van der Waals surface area contributed by atoms with Crippen LogP contribution >= 0.6 is 23.2 Å². The van der Waals surface area contributed by atoms with Crippen molar-refractivity contribution in [3.63, 3.8) is 0 Å². The molecule has 1 aliphatic heterocycles. The molecule has 136 valence electrons. The van der Waals surface area contributed by atoms with E-state index in [0.717, 1.165) is 5.56 Å².